The van der Waals surface area contributed by atoms with Crippen LogP contribution in [0.25, 0.3) is 0 Å². The summed E-state index contributed by atoms with van der Waals surface area (Å²) < 4.78 is 0. The van der Waals surface area contributed by atoms with Crippen molar-refractivity contribution in [1.29, 1.82) is 0 Å². The van der Waals surface area contributed by atoms with Crippen molar-refractivity contribution in [3.05, 3.63) is 0 Å². The molecular formula is C6H13ClO2S2. The first-order valence-electron chi connectivity index (χ1n) is 3.33. The minimum Gasteiger partial charge on any atom is -0.393 e. The third-order valence-electron chi connectivity index (χ3n) is 0.831. The van der Waals surface area contributed by atoms with Crippen molar-refractivity contribution in [1.82, 2.24) is 0 Å². The Bertz CT molecular complexity index is 92.7. The van der Waals surface area contributed by atoms with Gasteiger partial charge < -0.3 is 10.2 Å². The summed E-state index contributed by atoms with van der Waals surface area (Å²) in [7, 11) is 3.09. The molecule has 2 nitrogen and oxygen atoms in total. The van der Waals surface area contributed by atoms with Crippen molar-refractivity contribution < 1.29 is 10.2 Å². The van der Waals surface area contributed by atoms with Crippen LogP contribution in [0.2, 0.25) is 0 Å². The van der Waals surface area contributed by atoms with E-state index in [9.17, 15) is 0 Å². The van der Waals surface area contributed by atoms with Crippen molar-refractivity contribution >= 4 is 33.2 Å². The lowest BCUT2D eigenvalue weighted by Crippen LogP contribution is -2.10. The van der Waals surface area contributed by atoms with E-state index < -0.39 is 6.10 Å². The molecule has 5 heteroatoms. The van der Waals surface area contributed by atoms with Gasteiger partial charge in [-0.1, -0.05) is 21.6 Å². The van der Waals surface area contributed by atoms with Crippen LogP contribution in [-0.4, -0.2) is 39.8 Å². The lowest BCUT2D eigenvalue weighted by atomic mass is 10.5. The lowest BCUT2D eigenvalue weighted by Gasteiger charge is -2.05. The van der Waals surface area contributed by atoms with Crippen molar-refractivity contribution in [3.63, 3.8) is 0 Å². The highest BCUT2D eigenvalue weighted by Crippen LogP contribution is 2.22. The molecular weight excluding hydrogens is 204 g/mol. The fourth-order valence-corrected chi connectivity index (χ4v) is 2.86. The van der Waals surface area contributed by atoms with E-state index in [1.54, 1.807) is 17.7 Å². The summed E-state index contributed by atoms with van der Waals surface area (Å²) in [5.41, 5.74) is 0. The predicted octanol–water partition coefficient (Wildman–Crippen LogP) is 1.35. The number of aliphatic hydroxyl groups is 2. The molecule has 11 heavy (non-hydrogen) atoms. The van der Waals surface area contributed by atoms with Gasteiger partial charge in [-0.25, -0.2) is 0 Å². The third-order valence-corrected chi connectivity index (χ3v) is 3.81. The molecule has 0 amide bonds. The summed E-state index contributed by atoms with van der Waals surface area (Å²) in [5.74, 6) is 1.60. The fourth-order valence-electron chi connectivity index (χ4n) is 0.318. The first-order chi connectivity index (χ1) is 5.16. The number of aliphatic hydroxyl groups excluding tert-OH is 2. The molecule has 0 saturated heterocycles. The van der Waals surface area contributed by atoms with Gasteiger partial charge in [-0.15, -0.1) is 11.6 Å². The van der Waals surface area contributed by atoms with Crippen LogP contribution in [0.5, 0.6) is 0 Å². The van der Waals surface area contributed by atoms with Gasteiger partial charge in [0.25, 0.3) is 0 Å². The Kier molecular flexibility index (Phi) is 8.18. The molecule has 0 aliphatic carbocycles. The number of alkyl halides is 1. The van der Waals surface area contributed by atoms with E-state index in [2.05, 4.69) is 0 Å². The second-order valence-electron chi connectivity index (χ2n) is 2.23. The molecule has 0 radical (unpaired) electrons. The third kappa shape index (κ3) is 8.82. The zero-order valence-electron chi connectivity index (χ0n) is 6.36. The topological polar surface area (TPSA) is 40.5 Å². The van der Waals surface area contributed by atoms with Gasteiger partial charge in [-0.2, -0.15) is 0 Å². The molecule has 0 spiro atoms. The van der Waals surface area contributed by atoms with E-state index in [0.29, 0.717) is 11.5 Å². The van der Waals surface area contributed by atoms with Gasteiger partial charge >= 0.3 is 0 Å². The summed E-state index contributed by atoms with van der Waals surface area (Å²) >= 11 is 5.37. The van der Waals surface area contributed by atoms with Crippen LogP contribution in [0.4, 0.5) is 0 Å². The number of hydrogen-bond donors (Lipinski definition) is 2. The largest absolute Gasteiger partial charge is 0.393 e. The van der Waals surface area contributed by atoms with Gasteiger partial charge in [-0.05, 0) is 6.92 Å². The van der Waals surface area contributed by atoms with Crippen LogP contribution >= 0.6 is 33.2 Å². The first-order valence-corrected chi connectivity index (χ1v) is 6.35. The molecule has 0 aliphatic heterocycles. The molecule has 0 rings (SSSR count). The minimum atomic E-state index is -0.428. The van der Waals surface area contributed by atoms with Gasteiger partial charge in [0.05, 0.1) is 12.2 Å². The van der Waals surface area contributed by atoms with Gasteiger partial charge in [0.2, 0.25) is 0 Å². The quantitative estimate of drug-likeness (QED) is 0.400. The summed E-state index contributed by atoms with van der Waals surface area (Å²) in [5, 5.41) is 17.8. The Labute approximate surface area is 80.1 Å². The first kappa shape index (κ1) is 11.9. The van der Waals surface area contributed by atoms with Crippen molar-refractivity contribution in [2.24, 2.45) is 0 Å². The van der Waals surface area contributed by atoms with Crippen molar-refractivity contribution in [2.45, 2.75) is 19.1 Å². The standard InChI is InChI=1S/C6H13ClO2S2/c1-5(8)3-10-11-4-6(9)2-7/h5-6,8-9H,2-4H2,1H3. The zero-order valence-corrected chi connectivity index (χ0v) is 8.75. The highest BCUT2D eigenvalue weighted by molar-refractivity contribution is 8.76. The predicted molar refractivity (Wildman–Crippen MR) is 53.3 cm³/mol. The van der Waals surface area contributed by atoms with E-state index in [0.717, 1.165) is 0 Å². The number of hydrogen-bond acceptors (Lipinski definition) is 4. The molecule has 0 heterocycles. The number of halogens is 1. The highest BCUT2D eigenvalue weighted by Gasteiger charge is 2.02. The van der Waals surface area contributed by atoms with Crippen LogP contribution in [-0.2, 0) is 0 Å². The van der Waals surface area contributed by atoms with E-state index in [1.165, 1.54) is 10.8 Å². The summed E-state index contributed by atoms with van der Waals surface area (Å²) in [4.78, 5) is 0. The second-order valence-corrected chi connectivity index (χ2v) is 5.09. The van der Waals surface area contributed by atoms with Crippen LogP contribution in [0.3, 0.4) is 0 Å². The molecule has 2 atom stereocenters. The molecule has 0 aromatic rings. The fraction of sp³-hybridized carbons (Fsp3) is 1.00. The molecule has 0 saturated carbocycles. The van der Waals surface area contributed by atoms with Gasteiger partial charge in [0, 0.05) is 17.4 Å². The maximum atomic E-state index is 8.99. The van der Waals surface area contributed by atoms with Gasteiger partial charge in [0.15, 0.2) is 0 Å². The van der Waals surface area contributed by atoms with E-state index in [-0.39, 0.29) is 12.0 Å². The van der Waals surface area contributed by atoms with Crippen LogP contribution < -0.4 is 0 Å². The average molecular weight is 217 g/mol. The molecule has 0 fully saturated rings. The molecule has 0 bridgehead atoms. The Hall–Kier alpha value is 0.910. The number of rotatable bonds is 6. The lowest BCUT2D eigenvalue weighted by molar-refractivity contribution is 0.220. The minimum absolute atomic E-state index is 0.277. The molecule has 0 aromatic carbocycles. The second kappa shape index (κ2) is 7.55. The van der Waals surface area contributed by atoms with Crippen LogP contribution in [0.15, 0.2) is 0 Å². The smallest absolute Gasteiger partial charge is 0.0774 e. The molecule has 0 aliphatic rings. The maximum absolute atomic E-state index is 8.99. The Morgan fingerprint density at radius 2 is 1.82 bits per heavy atom. The Balaban J connectivity index is 3.01. The molecule has 0 aromatic heterocycles. The summed E-state index contributed by atoms with van der Waals surface area (Å²) in [6, 6.07) is 0. The average Bonchev–Trinajstić information content (AvgIpc) is 1.97. The highest BCUT2D eigenvalue weighted by atomic mass is 35.5. The van der Waals surface area contributed by atoms with Crippen LogP contribution in [0, 0.1) is 0 Å². The zero-order chi connectivity index (χ0) is 8.69. The summed E-state index contributed by atoms with van der Waals surface area (Å²) in [6.45, 7) is 1.74. The molecule has 2 unspecified atom stereocenters. The van der Waals surface area contributed by atoms with Crippen molar-refractivity contribution in [2.75, 3.05) is 17.4 Å². The molecule has 68 valence electrons. The van der Waals surface area contributed by atoms with Gasteiger partial charge in [-0.3, -0.25) is 0 Å². The maximum Gasteiger partial charge on any atom is 0.0774 e. The van der Waals surface area contributed by atoms with E-state index >= 15 is 0 Å². The Morgan fingerprint density at radius 3 is 2.27 bits per heavy atom. The van der Waals surface area contributed by atoms with Crippen molar-refractivity contribution in [3.8, 4) is 0 Å². The van der Waals surface area contributed by atoms with Crippen LogP contribution in [0.1, 0.15) is 6.92 Å². The van der Waals surface area contributed by atoms with Gasteiger partial charge in [0.1, 0.15) is 0 Å². The summed E-state index contributed by atoms with van der Waals surface area (Å²) in [6.07, 6.45) is -0.705. The molecule has 2 N–H and O–H groups in total. The van der Waals surface area contributed by atoms with E-state index in [4.69, 9.17) is 21.8 Å². The SMILES string of the molecule is CC(O)CSSCC(O)CCl. The normalized spacial score (nSPS) is 16.4. The Morgan fingerprint density at radius 1 is 1.27 bits per heavy atom. The monoisotopic (exact) mass is 216 g/mol. The van der Waals surface area contributed by atoms with E-state index in [1.807, 2.05) is 0 Å².